The van der Waals surface area contributed by atoms with Crippen LogP contribution in [0.25, 0.3) is 5.57 Å². The summed E-state index contributed by atoms with van der Waals surface area (Å²) in [5.74, 6) is 0.00991. The fraction of sp³-hybridized carbons (Fsp3) is 0.375. The Bertz CT molecular complexity index is 809. The van der Waals surface area contributed by atoms with Crippen molar-refractivity contribution < 1.29 is 4.79 Å². The van der Waals surface area contributed by atoms with Crippen molar-refractivity contribution in [1.82, 2.24) is 5.32 Å². The van der Waals surface area contributed by atoms with E-state index in [2.05, 4.69) is 63.4 Å². The van der Waals surface area contributed by atoms with Crippen LogP contribution in [0.4, 0.5) is 0 Å². The molecular formula is C24H29NO. The van der Waals surface area contributed by atoms with E-state index in [-0.39, 0.29) is 17.4 Å². The lowest BCUT2D eigenvalue weighted by Crippen LogP contribution is -2.30. The fourth-order valence-electron chi connectivity index (χ4n) is 3.76. The van der Waals surface area contributed by atoms with Crippen LogP contribution in [0.15, 0.2) is 54.6 Å². The molecule has 2 heteroatoms. The highest BCUT2D eigenvalue weighted by Crippen LogP contribution is 2.30. The molecule has 26 heavy (non-hydrogen) atoms. The Kier molecular flexibility index (Phi) is 5.31. The zero-order valence-corrected chi connectivity index (χ0v) is 16.3. The number of carbonyl (C=O) groups excluding carboxylic acids is 1. The number of benzene rings is 2. The van der Waals surface area contributed by atoms with Crippen LogP contribution in [0.1, 0.15) is 73.6 Å². The highest BCUT2D eigenvalue weighted by atomic mass is 16.1. The van der Waals surface area contributed by atoms with Crippen molar-refractivity contribution in [2.75, 3.05) is 0 Å². The first-order chi connectivity index (χ1) is 12.3. The monoisotopic (exact) mass is 347 g/mol. The Morgan fingerprint density at radius 1 is 1.04 bits per heavy atom. The highest BCUT2D eigenvalue weighted by Gasteiger charge is 2.21. The average Bonchev–Trinajstić information content (AvgIpc) is 2.61. The molecule has 0 aromatic heterocycles. The van der Waals surface area contributed by atoms with E-state index in [1.807, 2.05) is 24.3 Å². The molecule has 2 aromatic rings. The number of rotatable bonds is 3. The lowest BCUT2D eigenvalue weighted by Gasteiger charge is -2.26. The third-order valence-electron chi connectivity index (χ3n) is 4.93. The van der Waals surface area contributed by atoms with Crippen LogP contribution in [0.3, 0.4) is 0 Å². The minimum absolute atomic E-state index is 0.00991. The number of carbonyl (C=O) groups is 1. The van der Waals surface area contributed by atoms with Gasteiger partial charge in [-0.25, -0.2) is 0 Å². The Labute approximate surface area is 157 Å². The molecule has 0 aliphatic heterocycles. The lowest BCUT2D eigenvalue weighted by atomic mass is 9.87. The van der Waals surface area contributed by atoms with Crippen LogP contribution < -0.4 is 5.32 Å². The van der Waals surface area contributed by atoms with E-state index < -0.39 is 0 Å². The van der Waals surface area contributed by atoms with Crippen LogP contribution >= 0.6 is 0 Å². The first kappa shape index (κ1) is 18.4. The van der Waals surface area contributed by atoms with Gasteiger partial charge in [0.1, 0.15) is 0 Å². The summed E-state index contributed by atoms with van der Waals surface area (Å²) in [6, 6.07) is 16.5. The van der Waals surface area contributed by atoms with Gasteiger partial charge >= 0.3 is 0 Å². The van der Waals surface area contributed by atoms with Gasteiger partial charge in [-0.3, -0.25) is 4.79 Å². The summed E-state index contributed by atoms with van der Waals surface area (Å²) in [4.78, 5) is 12.7. The topological polar surface area (TPSA) is 29.1 Å². The Hall–Kier alpha value is -2.35. The molecule has 1 aliphatic carbocycles. The summed E-state index contributed by atoms with van der Waals surface area (Å²) in [5.41, 5.74) is 5.91. The van der Waals surface area contributed by atoms with Gasteiger partial charge in [0.05, 0.1) is 6.04 Å². The molecule has 0 fully saturated rings. The van der Waals surface area contributed by atoms with Crippen molar-refractivity contribution in [2.45, 2.75) is 53.0 Å². The number of aryl methyl sites for hydroxylation is 1. The molecule has 3 rings (SSSR count). The quantitative estimate of drug-likeness (QED) is 0.731. The molecule has 0 heterocycles. The largest absolute Gasteiger partial charge is 0.345 e. The molecular weight excluding hydrogens is 318 g/mol. The first-order valence-corrected chi connectivity index (χ1v) is 9.52. The van der Waals surface area contributed by atoms with Gasteiger partial charge in [0.25, 0.3) is 5.91 Å². The lowest BCUT2D eigenvalue weighted by molar-refractivity contribution is 0.0932. The molecule has 0 saturated carbocycles. The van der Waals surface area contributed by atoms with Crippen molar-refractivity contribution in [3.63, 3.8) is 0 Å². The van der Waals surface area contributed by atoms with E-state index in [0.29, 0.717) is 0 Å². The Balaban J connectivity index is 1.73. The van der Waals surface area contributed by atoms with Gasteiger partial charge in [0.15, 0.2) is 0 Å². The maximum absolute atomic E-state index is 12.7. The molecule has 0 saturated heterocycles. The van der Waals surface area contributed by atoms with E-state index in [1.165, 1.54) is 22.3 Å². The van der Waals surface area contributed by atoms with Gasteiger partial charge in [-0.2, -0.15) is 0 Å². The SMILES string of the molecule is CC(=CC(C)(C)C)c1ccc(C(=O)NC2CCCc3ccccc32)cc1. The third-order valence-corrected chi connectivity index (χ3v) is 4.93. The van der Waals surface area contributed by atoms with E-state index in [0.717, 1.165) is 24.8 Å². The molecule has 0 radical (unpaired) electrons. The number of hydrogen-bond acceptors (Lipinski definition) is 1. The van der Waals surface area contributed by atoms with Crippen LogP contribution in [0.5, 0.6) is 0 Å². The van der Waals surface area contributed by atoms with Gasteiger partial charge in [-0.05, 0) is 66.0 Å². The summed E-state index contributed by atoms with van der Waals surface area (Å²) in [5, 5.41) is 3.22. The summed E-state index contributed by atoms with van der Waals surface area (Å²) in [6.07, 6.45) is 5.50. The van der Waals surface area contributed by atoms with Crippen LogP contribution in [-0.2, 0) is 6.42 Å². The van der Waals surface area contributed by atoms with Gasteiger partial charge in [0, 0.05) is 5.56 Å². The van der Waals surface area contributed by atoms with Gasteiger partial charge in [-0.1, -0.05) is 63.2 Å². The maximum atomic E-state index is 12.7. The molecule has 136 valence electrons. The second-order valence-corrected chi connectivity index (χ2v) is 8.39. The standard InChI is InChI=1S/C24H29NO/c1-17(16-24(2,3)4)18-12-14-20(15-13-18)23(26)25-22-11-7-9-19-8-5-6-10-21(19)22/h5-6,8,10,12-16,22H,7,9,11H2,1-4H3,(H,25,26). The molecule has 1 N–H and O–H groups in total. The Morgan fingerprint density at radius 2 is 1.69 bits per heavy atom. The normalized spacial score (nSPS) is 17.5. The van der Waals surface area contributed by atoms with Crippen molar-refractivity contribution >= 4 is 11.5 Å². The zero-order valence-electron chi connectivity index (χ0n) is 16.3. The summed E-state index contributed by atoms with van der Waals surface area (Å²) in [6.45, 7) is 8.71. The summed E-state index contributed by atoms with van der Waals surface area (Å²) >= 11 is 0. The van der Waals surface area contributed by atoms with Crippen LogP contribution in [0.2, 0.25) is 0 Å². The predicted octanol–water partition coefficient (Wildman–Crippen LogP) is 5.94. The maximum Gasteiger partial charge on any atom is 0.251 e. The molecule has 1 amide bonds. The minimum atomic E-state index is 0.00991. The van der Waals surface area contributed by atoms with Crippen molar-refractivity contribution in [2.24, 2.45) is 5.41 Å². The van der Waals surface area contributed by atoms with E-state index in [4.69, 9.17) is 0 Å². The number of amides is 1. The van der Waals surface area contributed by atoms with Gasteiger partial charge in [-0.15, -0.1) is 0 Å². The van der Waals surface area contributed by atoms with E-state index in [1.54, 1.807) is 0 Å². The second kappa shape index (κ2) is 7.49. The van der Waals surface area contributed by atoms with Gasteiger partial charge in [0.2, 0.25) is 0 Å². The van der Waals surface area contributed by atoms with E-state index >= 15 is 0 Å². The molecule has 1 aliphatic rings. The third kappa shape index (κ3) is 4.43. The molecule has 1 unspecified atom stereocenters. The average molecular weight is 348 g/mol. The first-order valence-electron chi connectivity index (χ1n) is 9.52. The second-order valence-electron chi connectivity index (χ2n) is 8.39. The van der Waals surface area contributed by atoms with E-state index in [9.17, 15) is 4.79 Å². The summed E-state index contributed by atoms with van der Waals surface area (Å²) in [7, 11) is 0. The fourth-order valence-corrected chi connectivity index (χ4v) is 3.76. The molecule has 2 nitrogen and oxygen atoms in total. The van der Waals surface area contributed by atoms with Crippen molar-refractivity contribution in [3.8, 4) is 0 Å². The van der Waals surface area contributed by atoms with Crippen molar-refractivity contribution in [1.29, 1.82) is 0 Å². The van der Waals surface area contributed by atoms with Crippen LogP contribution in [-0.4, -0.2) is 5.91 Å². The predicted molar refractivity (Wildman–Crippen MR) is 109 cm³/mol. The molecule has 2 aromatic carbocycles. The minimum Gasteiger partial charge on any atom is -0.345 e. The van der Waals surface area contributed by atoms with Crippen molar-refractivity contribution in [3.05, 3.63) is 76.9 Å². The Morgan fingerprint density at radius 3 is 2.38 bits per heavy atom. The van der Waals surface area contributed by atoms with Gasteiger partial charge < -0.3 is 5.32 Å². The zero-order chi connectivity index (χ0) is 18.7. The number of allylic oxidation sites excluding steroid dienone is 2. The summed E-state index contributed by atoms with van der Waals surface area (Å²) < 4.78 is 0. The smallest absolute Gasteiger partial charge is 0.251 e. The number of hydrogen-bond donors (Lipinski definition) is 1. The number of fused-ring (bicyclic) bond motifs is 1. The highest BCUT2D eigenvalue weighted by molar-refractivity contribution is 5.94. The van der Waals surface area contributed by atoms with Crippen LogP contribution in [0, 0.1) is 5.41 Å². The molecule has 0 spiro atoms. The molecule has 0 bridgehead atoms. The number of nitrogens with one attached hydrogen (secondary N) is 1. The molecule has 1 atom stereocenters.